The molecule has 194 valence electrons. The highest BCUT2D eigenvalue weighted by Crippen LogP contribution is 2.20. The first-order valence-electron chi connectivity index (χ1n) is 15.7. The van der Waals surface area contributed by atoms with Crippen LogP contribution in [0.15, 0.2) is 0 Å². The Morgan fingerprint density at radius 3 is 0.812 bits per heavy atom. The van der Waals surface area contributed by atoms with Gasteiger partial charge < -0.3 is 0 Å². The van der Waals surface area contributed by atoms with Crippen molar-refractivity contribution in [2.24, 2.45) is 11.8 Å². The van der Waals surface area contributed by atoms with Crippen molar-refractivity contribution in [2.45, 2.75) is 195 Å². The topological polar surface area (TPSA) is 0 Å². The molecule has 0 saturated carbocycles. The highest BCUT2D eigenvalue weighted by atomic mass is 14.1. The fourth-order valence-corrected chi connectivity index (χ4v) is 5.34. The van der Waals surface area contributed by atoms with Crippen molar-refractivity contribution in [1.29, 1.82) is 0 Å². The number of rotatable bonds is 27. The standard InChI is InChI=1S/C32H66/c1-5-7-8-9-10-11-12-13-14-15-16-17-18-19-21-25-29-32(4)30-26-23-20-22-24-28-31(3)27-6-2/h31-32H,5-30H2,1-4H3. The zero-order valence-corrected chi connectivity index (χ0v) is 23.5. The van der Waals surface area contributed by atoms with Gasteiger partial charge >= 0.3 is 0 Å². The van der Waals surface area contributed by atoms with E-state index >= 15 is 0 Å². The third kappa shape index (κ3) is 26.3. The zero-order valence-electron chi connectivity index (χ0n) is 23.5. The second-order valence-corrected chi connectivity index (χ2v) is 11.4. The molecule has 0 aromatic carbocycles. The molecule has 0 radical (unpaired) electrons. The molecule has 0 aliphatic heterocycles. The third-order valence-electron chi connectivity index (χ3n) is 7.73. The Morgan fingerprint density at radius 1 is 0.281 bits per heavy atom. The maximum atomic E-state index is 2.50. The van der Waals surface area contributed by atoms with E-state index < -0.39 is 0 Å². The first kappa shape index (κ1) is 32.0. The van der Waals surface area contributed by atoms with Gasteiger partial charge in [-0.25, -0.2) is 0 Å². The van der Waals surface area contributed by atoms with Crippen molar-refractivity contribution >= 4 is 0 Å². The average molecular weight is 451 g/mol. The van der Waals surface area contributed by atoms with Gasteiger partial charge in [-0.3, -0.25) is 0 Å². The van der Waals surface area contributed by atoms with E-state index in [4.69, 9.17) is 0 Å². The second kappa shape index (κ2) is 27.2. The lowest BCUT2D eigenvalue weighted by Crippen LogP contribution is -1.96. The van der Waals surface area contributed by atoms with Crippen LogP contribution in [0.2, 0.25) is 0 Å². The van der Waals surface area contributed by atoms with E-state index in [1.807, 2.05) is 0 Å². The van der Waals surface area contributed by atoms with Crippen molar-refractivity contribution in [3.05, 3.63) is 0 Å². The molecule has 0 heteroatoms. The van der Waals surface area contributed by atoms with E-state index in [0.29, 0.717) is 0 Å². The van der Waals surface area contributed by atoms with E-state index in [-0.39, 0.29) is 0 Å². The van der Waals surface area contributed by atoms with Gasteiger partial charge in [0.05, 0.1) is 0 Å². The summed E-state index contributed by atoms with van der Waals surface area (Å²) in [7, 11) is 0. The monoisotopic (exact) mass is 451 g/mol. The van der Waals surface area contributed by atoms with Crippen LogP contribution in [0.3, 0.4) is 0 Å². The summed E-state index contributed by atoms with van der Waals surface area (Å²) in [4.78, 5) is 0. The lowest BCUT2D eigenvalue weighted by Gasteiger charge is -2.12. The molecular formula is C32H66. The Kier molecular flexibility index (Phi) is 27.2. The van der Waals surface area contributed by atoms with Gasteiger partial charge in [0.2, 0.25) is 0 Å². The molecule has 0 heterocycles. The van der Waals surface area contributed by atoms with E-state index in [1.54, 1.807) is 0 Å². The molecule has 0 aliphatic carbocycles. The van der Waals surface area contributed by atoms with Crippen molar-refractivity contribution < 1.29 is 0 Å². The SMILES string of the molecule is CCCCCCCCCCCCCCCCCCC(C)CCCCCCCC(C)CCC. The van der Waals surface area contributed by atoms with Crippen LogP contribution < -0.4 is 0 Å². The molecule has 0 aliphatic rings. The molecule has 0 nitrogen and oxygen atoms in total. The van der Waals surface area contributed by atoms with Gasteiger partial charge in [-0.2, -0.15) is 0 Å². The number of unbranched alkanes of at least 4 members (excludes halogenated alkanes) is 19. The van der Waals surface area contributed by atoms with Crippen LogP contribution in [0.5, 0.6) is 0 Å². The summed E-state index contributed by atoms with van der Waals surface area (Å²) in [5.74, 6) is 1.92. The molecule has 32 heavy (non-hydrogen) atoms. The minimum atomic E-state index is 0.958. The van der Waals surface area contributed by atoms with E-state index in [1.165, 1.54) is 167 Å². The van der Waals surface area contributed by atoms with Gasteiger partial charge in [-0.1, -0.05) is 195 Å². The highest BCUT2D eigenvalue weighted by molar-refractivity contribution is 4.57. The van der Waals surface area contributed by atoms with Gasteiger partial charge in [0.25, 0.3) is 0 Å². The fourth-order valence-electron chi connectivity index (χ4n) is 5.34. The van der Waals surface area contributed by atoms with Crippen molar-refractivity contribution in [3.8, 4) is 0 Å². The summed E-state index contributed by atoms with van der Waals surface area (Å²) in [6.07, 6.45) is 38.2. The largest absolute Gasteiger partial charge is 0.0654 e. The van der Waals surface area contributed by atoms with Gasteiger partial charge in [-0.15, -0.1) is 0 Å². The summed E-state index contributed by atoms with van der Waals surface area (Å²) in [5.41, 5.74) is 0. The van der Waals surface area contributed by atoms with Crippen LogP contribution in [0.1, 0.15) is 195 Å². The maximum absolute atomic E-state index is 2.50. The molecule has 0 spiro atoms. The molecule has 0 aromatic rings. The van der Waals surface area contributed by atoms with Crippen LogP contribution in [-0.2, 0) is 0 Å². The van der Waals surface area contributed by atoms with Gasteiger partial charge in [0.1, 0.15) is 0 Å². The normalized spacial score (nSPS) is 13.5. The molecular weight excluding hydrogens is 384 g/mol. The van der Waals surface area contributed by atoms with Gasteiger partial charge in [0.15, 0.2) is 0 Å². The first-order valence-corrected chi connectivity index (χ1v) is 15.7. The minimum absolute atomic E-state index is 0.958. The average Bonchev–Trinajstić information content (AvgIpc) is 2.78. The summed E-state index contributed by atoms with van der Waals surface area (Å²) in [5, 5.41) is 0. The third-order valence-corrected chi connectivity index (χ3v) is 7.73. The van der Waals surface area contributed by atoms with Crippen LogP contribution in [0.4, 0.5) is 0 Å². The summed E-state index contributed by atoms with van der Waals surface area (Å²) >= 11 is 0. The lowest BCUT2D eigenvalue weighted by atomic mass is 9.95. The van der Waals surface area contributed by atoms with Crippen LogP contribution >= 0.6 is 0 Å². The minimum Gasteiger partial charge on any atom is -0.0654 e. The Labute approximate surface area is 206 Å². The molecule has 0 N–H and O–H groups in total. The molecule has 0 amide bonds. The van der Waals surface area contributed by atoms with Crippen molar-refractivity contribution in [3.63, 3.8) is 0 Å². The fraction of sp³-hybridized carbons (Fsp3) is 1.00. The van der Waals surface area contributed by atoms with E-state index in [9.17, 15) is 0 Å². The van der Waals surface area contributed by atoms with Crippen LogP contribution in [0, 0.1) is 11.8 Å². The molecule has 2 unspecified atom stereocenters. The van der Waals surface area contributed by atoms with E-state index in [0.717, 1.165) is 11.8 Å². The Balaban J connectivity index is 3.16. The summed E-state index contributed by atoms with van der Waals surface area (Å²) in [6, 6.07) is 0. The predicted molar refractivity (Wildman–Crippen MR) is 150 cm³/mol. The lowest BCUT2D eigenvalue weighted by molar-refractivity contribution is 0.422. The number of hydrogen-bond acceptors (Lipinski definition) is 0. The molecule has 0 fully saturated rings. The molecule has 0 aromatic heterocycles. The van der Waals surface area contributed by atoms with Crippen molar-refractivity contribution in [2.75, 3.05) is 0 Å². The molecule has 0 rings (SSSR count). The Bertz CT molecular complexity index is 320. The van der Waals surface area contributed by atoms with Crippen molar-refractivity contribution in [1.82, 2.24) is 0 Å². The molecule has 2 atom stereocenters. The zero-order chi connectivity index (χ0) is 23.5. The van der Waals surface area contributed by atoms with Crippen LogP contribution in [0.25, 0.3) is 0 Å². The Morgan fingerprint density at radius 2 is 0.531 bits per heavy atom. The Hall–Kier alpha value is 0. The van der Waals surface area contributed by atoms with Gasteiger partial charge in [-0.05, 0) is 11.8 Å². The van der Waals surface area contributed by atoms with Gasteiger partial charge in [0, 0.05) is 0 Å². The smallest absolute Gasteiger partial charge is 0.0443 e. The quantitative estimate of drug-likeness (QED) is 0.109. The maximum Gasteiger partial charge on any atom is -0.0443 e. The first-order chi connectivity index (χ1) is 15.7. The predicted octanol–water partition coefficient (Wildman–Crippen LogP) is 12.4. The highest BCUT2D eigenvalue weighted by Gasteiger charge is 2.03. The molecule has 0 saturated heterocycles. The number of hydrogen-bond donors (Lipinski definition) is 0. The summed E-state index contributed by atoms with van der Waals surface area (Å²) in [6.45, 7) is 9.56. The van der Waals surface area contributed by atoms with E-state index in [2.05, 4.69) is 27.7 Å². The second-order valence-electron chi connectivity index (χ2n) is 11.4. The van der Waals surface area contributed by atoms with Crippen LogP contribution in [-0.4, -0.2) is 0 Å². The molecule has 0 bridgehead atoms. The summed E-state index contributed by atoms with van der Waals surface area (Å²) < 4.78 is 0.